The highest BCUT2D eigenvalue weighted by Gasteiger charge is 2.14. The van der Waals surface area contributed by atoms with Gasteiger partial charge >= 0.3 is 0 Å². The summed E-state index contributed by atoms with van der Waals surface area (Å²) in [4.78, 5) is 16.1. The molecule has 1 amide bonds. The molecule has 0 aliphatic rings. The van der Waals surface area contributed by atoms with Crippen molar-refractivity contribution in [3.8, 4) is 5.75 Å². The van der Waals surface area contributed by atoms with Gasteiger partial charge in [0.05, 0.1) is 5.75 Å². The van der Waals surface area contributed by atoms with Gasteiger partial charge in [0.2, 0.25) is 5.91 Å². The fraction of sp³-hybridized carbons (Fsp3) is 0.263. The third-order valence-corrected chi connectivity index (χ3v) is 5.47. The molecule has 1 aromatic carbocycles. The molecule has 0 bridgehead atoms. The Kier molecular flexibility index (Phi) is 7.21. The van der Waals surface area contributed by atoms with Crippen molar-refractivity contribution in [2.24, 2.45) is 0 Å². The topological polar surface area (TPSA) is 81.9 Å². The maximum atomic E-state index is 12.1. The Balaban J connectivity index is 1.60. The van der Waals surface area contributed by atoms with Crippen molar-refractivity contribution in [2.75, 3.05) is 11.1 Å². The first-order valence-corrected chi connectivity index (χ1v) is 10.6. The molecule has 7 nitrogen and oxygen atoms in total. The molecule has 0 spiro atoms. The first kappa shape index (κ1) is 20.1. The van der Waals surface area contributed by atoms with Crippen molar-refractivity contribution in [3.63, 3.8) is 0 Å². The number of carbonyl (C=O) groups is 1. The van der Waals surface area contributed by atoms with Crippen LogP contribution in [0.5, 0.6) is 5.75 Å². The second-order valence-corrected chi connectivity index (χ2v) is 7.60. The Morgan fingerprint density at radius 1 is 1.36 bits per heavy atom. The molecule has 9 heteroatoms. The Bertz CT molecular complexity index is 907. The highest BCUT2D eigenvalue weighted by molar-refractivity contribution is 7.99. The van der Waals surface area contributed by atoms with Crippen molar-refractivity contribution in [2.45, 2.75) is 31.7 Å². The lowest BCUT2D eigenvalue weighted by Crippen LogP contribution is -2.14. The monoisotopic (exact) mass is 415 g/mol. The molecular formula is C19H21N5O2S2. The molecule has 0 radical (unpaired) electrons. The number of ether oxygens (including phenoxy) is 1. The number of aryl methyl sites for hydroxylation is 1. The van der Waals surface area contributed by atoms with E-state index in [0.29, 0.717) is 22.7 Å². The number of nitrogens with one attached hydrogen (secondary N) is 1. The molecule has 0 atom stereocenters. The third kappa shape index (κ3) is 5.43. The van der Waals surface area contributed by atoms with Crippen LogP contribution in [0.4, 0.5) is 5.13 Å². The van der Waals surface area contributed by atoms with Crippen LogP contribution in [0.2, 0.25) is 0 Å². The second-order valence-electron chi connectivity index (χ2n) is 5.76. The Morgan fingerprint density at radius 2 is 2.18 bits per heavy atom. The quantitative estimate of drug-likeness (QED) is 0.401. The standard InChI is InChI=1S/C19H21N5O2S2/c1-3-10-24-16(12-26-15-7-5-14(4-2)6-8-15)22-23-19(24)28-13-17(25)21-18-20-9-11-27-18/h3,5-9,11H,1,4,10,12-13H2,2H3,(H,20,21,25). The maximum absolute atomic E-state index is 12.1. The molecule has 146 valence electrons. The number of rotatable bonds is 10. The van der Waals surface area contributed by atoms with Crippen molar-refractivity contribution >= 4 is 34.1 Å². The zero-order valence-electron chi connectivity index (χ0n) is 15.5. The maximum Gasteiger partial charge on any atom is 0.236 e. The molecule has 0 aliphatic heterocycles. The van der Waals surface area contributed by atoms with Crippen LogP contribution >= 0.6 is 23.1 Å². The van der Waals surface area contributed by atoms with Crippen molar-refractivity contribution < 1.29 is 9.53 Å². The number of aromatic nitrogens is 4. The zero-order chi connectivity index (χ0) is 19.8. The number of thiazole rings is 1. The fourth-order valence-electron chi connectivity index (χ4n) is 2.38. The zero-order valence-corrected chi connectivity index (χ0v) is 17.1. The number of carbonyl (C=O) groups excluding carboxylic acids is 1. The van der Waals surface area contributed by atoms with E-state index in [2.05, 4.69) is 34.0 Å². The van der Waals surface area contributed by atoms with E-state index in [1.54, 1.807) is 12.3 Å². The van der Waals surface area contributed by atoms with E-state index >= 15 is 0 Å². The highest BCUT2D eigenvalue weighted by atomic mass is 32.2. The average molecular weight is 416 g/mol. The molecular weight excluding hydrogens is 394 g/mol. The van der Waals surface area contributed by atoms with Crippen molar-refractivity contribution in [1.29, 1.82) is 0 Å². The Labute approximate surface area is 171 Å². The van der Waals surface area contributed by atoms with E-state index in [4.69, 9.17) is 4.74 Å². The van der Waals surface area contributed by atoms with Crippen LogP contribution in [0, 0.1) is 0 Å². The van der Waals surface area contributed by atoms with Crippen LogP contribution in [-0.4, -0.2) is 31.4 Å². The predicted octanol–water partition coefficient (Wildman–Crippen LogP) is 3.79. The minimum Gasteiger partial charge on any atom is -0.486 e. The van der Waals surface area contributed by atoms with E-state index in [0.717, 1.165) is 12.2 Å². The van der Waals surface area contributed by atoms with Gasteiger partial charge in [0.25, 0.3) is 0 Å². The van der Waals surface area contributed by atoms with Gasteiger partial charge in [-0.05, 0) is 24.1 Å². The van der Waals surface area contributed by atoms with E-state index in [1.165, 1.54) is 28.7 Å². The van der Waals surface area contributed by atoms with Gasteiger partial charge in [-0.1, -0.05) is 36.9 Å². The number of anilines is 1. The van der Waals surface area contributed by atoms with Crippen LogP contribution in [0.1, 0.15) is 18.3 Å². The van der Waals surface area contributed by atoms with Crippen LogP contribution in [0.3, 0.4) is 0 Å². The molecule has 0 fully saturated rings. The smallest absolute Gasteiger partial charge is 0.236 e. The van der Waals surface area contributed by atoms with Gasteiger partial charge in [-0.15, -0.1) is 28.1 Å². The van der Waals surface area contributed by atoms with Crippen molar-refractivity contribution in [3.05, 3.63) is 59.9 Å². The summed E-state index contributed by atoms with van der Waals surface area (Å²) in [5.74, 6) is 1.54. The lowest BCUT2D eigenvalue weighted by molar-refractivity contribution is -0.113. The van der Waals surface area contributed by atoms with Gasteiger partial charge < -0.3 is 10.1 Å². The van der Waals surface area contributed by atoms with E-state index in [9.17, 15) is 4.79 Å². The molecule has 2 aromatic heterocycles. The van der Waals surface area contributed by atoms with E-state index in [-0.39, 0.29) is 18.3 Å². The number of allylic oxidation sites excluding steroid dienone is 1. The molecule has 0 saturated carbocycles. The molecule has 1 N–H and O–H groups in total. The number of amides is 1. The number of hydrogen-bond acceptors (Lipinski definition) is 7. The van der Waals surface area contributed by atoms with Gasteiger partial charge in [0.15, 0.2) is 16.1 Å². The lowest BCUT2D eigenvalue weighted by Gasteiger charge is -2.09. The Hall–Kier alpha value is -2.65. The summed E-state index contributed by atoms with van der Waals surface area (Å²) in [6.45, 7) is 6.73. The summed E-state index contributed by atoms with van der Waals surface area (Å²) in [5.41, 5.74) is 1.26. The van der Waals surface area contributed by atoms with Crippen LogP contribution in [-0.2, 0) is 24.4 Å². The molecule has 28 heavy (non-hydrogen) atoms. The number of benzene rings is 1. The van der Waals surface area contributed by atoms with Crippen LogP contribution in [0.15, 0.2) is 53.7 Å². The van der Waals surface area contributed by atoms with Crippen molar-refractivity contribution in [1.82, 2.24) is 19.7 Å². The Morgan fingerprint density at radius 3 is 2.86 bits per heavy atom. The van der Waals surface area contributed by atoms with Gasteiger partial charge in [-0.3, -0.25) is 9.36 Å². The third-order valence-electron chi connectivity index (χ3n) is 3.82. The number of nitrogens with zero attached hydrogens (tertiary/aromatic N) is 4. The molecule has 0 saturated heterocycles. The normalized spacial score (nSPS) is 10.6. The molecule has 3 rings (SSSR count). The predicted molar refractivity (Wildman–Crippen MR) is 112 cm³/mol. The summed E-state index contributed by atoms with van der Waals surface area (Å²) < 4.78 is 7.73. The molecule has 3 aromatic rings. The fourth-order valence-corrected chi connectivity index (χ4v) is 3.70. The molecule has 2 heterocycles. The average Bonchev–Trinajstić information content (AvgIpc) is 3.35. The summed E-state index contributed by atoms with van der Waals surface area (Å²) in [7, 11) is 0. The van der Waals surface area contributed by atoms with Gasteiger partial charge in [-0.25, -0.2) is 4.98 Å². The van der Waals surface area contributed by atoms with Gasteiger partial charge in [0.1, 0.15) is 12.4 Å². The SMILES string of the molecule is C=CCn1c(COc2ccc(CC)cc2)nnc1SCC(=O)Nc1nccs1. The minimum atomic E-state index is -0.137. The second kappa shape index (κ2) is 10.0. The van der Waals surface area contributed by atoms with E-state index in [1.807, 2.05) is 34.2 Å². The largest absolute Gasteiger partial charge is 0.486 e. The summed E-state index contributed by atoms with van der Waals surface area (Å²) in [5, 5.41) is 14.2. The van der Waals surface area contributed by atoms with Crippen LogP contribution < -0.4 is 10.1 Å². The highest BCUT2D eigenvalue weighted by Crippen LogP contribution is 2.20. The van der Waals surface area contributed by atoms with Gasteiger partial charge in [-0.2, -0.15) is 0 Å². The van der Waals surface area contributed by atoms with Gasteiger partial charge in [0, 0.05) is 18.1 Å². The van der Waals surface area contributed by atoms with E-state index < -0.39 is 0 Å². The summed E-state index contributed by atoms with van der Waals surface area (Å²) in [6.07, 6.45) is 4.41. The first-order chi connectivity index (χ1) is 13.7. The summed E-state index contributed by atoms with van der Waals surface area (Å²) >= 11 is 2.69. The van der Waals surface area contributed by atoms with Crippen LogP contribution in [0.25, 0.3) is 0 Å². The summed E-state index contributed by atoms with van der Waals surface area (Å²) in [6, 6.07) is 8.00. The lowest BCUT2D eigenvalue weighted by atomic mass is 10.2. The first-order valence-electron chi connectivity index (χ1n) is 8.76. The minimum absolute atomic E-state index is 0.137. The number of thioether (sulfide) groups is 1. The number of hydrogen-bond donors (Lipinski definition) is 1. The molecule has 0 unspecified atom stereocenters. The molecule has 0 aliphatic carbocycles.